The highest BCUT2D eigenvalue weighted by Crippen LogP contribution is 1.76. The molecule has 0 aromatic heterocycles. The van der Waals surface area contributed by atoms with Crippen LogP contribution in [0.25, 0.3) is 0 Å². The summed E-state index contributed by atoms with van der Waals surface area (Å²) in [4.78, 5) is 20.4. The van der Waals surface area contributed by atoms with Crippen molar-refractivity contribution >= 4 is 11.8 Å². The Morgan fingerprint density at radius 2 is 1.62 bits per heavy atom. The molecule has 0 aromatic carbocycles. The molecule has 0 aromatic rings. The zero-order chi connectivity index (χ0) is 10.7. The number of nitrogens with two attached hydrogens (primary N) is 1. The third kappa shape index (κ3) is 18.2. The van der Waals surface area contributed by atoms with E-state index in [1.165, 1.54) is 12.8 Å². The fraction of sp³-hybridized carbons (Fsp3) is 0.778. The van der Waals surface area contributed by atoms with Crippen LogP contribution in [0.15, 0.2) is 0 Å². The first-order valence-electron chi connectivity index (χ1n) is 4.63. The van der Waals surface area contributed by atoms with Gasteiger partial charge in [0.2, 0.25) is 11.8 Å². The van der Waals surface area contributed by atoms with Crippen LogP contribution in [-0.4, -0.2) is 18.4 Å². The summed E-state index contributed by atoms with van der Waals surface area (Å²) in [5, 5.41) is 2.32. The van der Waals surface area contributed by atoms with E-state index < -0.39 is 5.91 Å². The molecule has 0 aliphatic carbocycles. The minimum Gasteiger partial charge on any atom is -0.368 e. The van der Waals surface area contributed by atoms with Crippen LogP contribution < -0.4 is 11.1 Å². The first-order valence-corrected chi connectivity index (χ1v) is 4.63. The number of hydrogen-bond donors (Lipinski definition) is 2. The van der Waals surface area contributed by atoms with Crippen LogP contribution in [0.4, 0.5) is 0 Å². The molecule has 0 aliphatic heterocycles. The number of nitrogens with one attached hydrogen (secondary N) is 1. The molecule has 0 radical (unpaired) electrons. The summed E-state index contributed by atoms with van der Waals surface area (Å²) in [5.74, 6) is -0.675. The van der Waals surface area contributed by atoms with Gasteiger partial charge in [0, 0.05) is 6.42 Å². The maximum atomic E-state index is 10.4. The van der Waals surface area contributed by atoms with Crippen molar-refractivity contribution in [2.24, 2.45) is 5.73 Å². The monoisotopic (exact) mass is 188 g/mol. The molecule has 0 saturated carbocycles. The van der Waals surface area contributed by atoms with E-state index in [4.69, 9.17) is 5.73 Å². The van der Waals surface area contributed by atoms with E-state index in [-0.39, 0.29) is 12.5 Å². The second-order valence-electron chi connectivity index (χ2n) is 2.60. The summed E-state index contributed by atoms with van der Waals surface area (Å²) in [6, 6.07) is 0. The van der Waals surface area contributed by atoms with Crippen LogP contribution in [0.5, 0.6) is 0 Å². The van der Waals surface area contributed by atoms with Gasteiger partial charge in [-0.15, -0.1) is 0 Å². The molecule has 0 fully saturated rings. The van der Waals surface area contributed by atoms with Crippen LogP contribution >= 0.6 is 0 Å². The molecule has 0 heterocycles. The maximum absolute atomic E-state index is 10.4. The largest absolute Gasteiger partial charge is 0.368 e. The van der Waals surface area contributed by atoms with Crippen molar-refractivity contribution in [1.82, 2.24) is 5.32 Å². The van der Waals surface area contributed by atoms with Gasteiger partial charge in [0.25, 0.3) is 0 Å². The Bertz CT molecular complexity index is 145. The second kappa shape index (κ2) is 10.9. The van der Waals surface area contributed by atoms with Gasteiger partial charge in [-0.3, -0.25) is 9.59 Å². The molecule has 0 unspecified atom stereocenters. The molecule has 4 nitrogen and oxygen atoms in total. The predicted octanol–water partition coefficient (Wildman–Crippen LogP) is 0.804. The van der Waals surface area contributed by atoms with Crippen molar-refractivity contribution < 1.29 is 9.59 Å². The highest BCUT2D eigenvalue weighted by atomic mass is 16.2. The molecule has 0 atom stereocenters. The maximum Gasteiger partial charge on any atom is 0.236 e. The lowest BCUT2D eigenvalue weighted by atomic mass is 10.4. The number of carbonyl (C=O) groups excluding carboxylic acids is 2. The molecule has 0 saturated heterocycles. The van der Waals surface area contributed by atoms with Crippen molar-refractivity contribution in [1.29, 1.82) is 0 Å². The highest BCUT2D eigenvalue weighted by molar-refractivity contribution is 5.83. The smallest absolute Gasteiger partial charge is 0.236 e. The Hall–Kier alpha value is -1.06. The van der Waals surface area contributed by atoms with Gasteiger partial charge in [-0.05, 0) is 0 Å². The SMILES string of the molecule is CCC(=O)NCC(N)=O.CCCC. The Kier molecular flexibility index (Phi) is 12.2. The van der Waals surface area contributed by atoms with E-state index in [2.05, 4.69) is 19.2 Å². The number of unbranched alkanes of at least 4 members (excludes halogenated alkanes) is 1. The third-order valence-electron chi connectivity index (χ3n) is 1.28. The quantitative estimate of drug-likeness (QED) is 0.685. The molecule has 4 heteroatoms. The van der Waals surface area contributed by atoms with Gasteiger partial charge in [0.05, 0.1) is 6.54 Å². The summed E-state index contributed by atoms with van der Waals surface area (Å²) >= 11 is 0. The van der Waals surface area contributed by atoms with E-state index in [1.807, 2.05) is 0 Å². The zero-order valence-corrected chi connectivity index (χ0v) is 8.72. The predicted molar refractivity (Wildman–Crippen MR) is 53.1 cm³/mol. The molecule has 0 bridgehead atoms. The average Bonchev–Trinajstić information content (AvgIpc) is 2.14. The van der Waals surface area contributed by atoms with Crippen molar-refractivity contribution in [2.75, 3.05) is 6.54 Å². The first kappa shape index (κ1) is 14.5. The first-order chi connectivity index (χ1) is 6.08. The van der Waals surface area contributed by atoms with Gasteiger partial charge in [-0.2, -0.15) is 0 Å². The molecule has 0 spiro atoms. The molecule has 13 heavy (non-hydrogen) atoms. The Morgan fingerprint density at radius 1 is 1.15 bits per heavy atom. The van der Waals surface area contributed by atoms with Crippen LogP contribution in [0.2, 0.25) is 0 Å². The standard InChI is InChI=1S/C5H10N2O2.C4H10/c1-2-5(9)7-3-4(6)8;1-3-4-2/h2-3H2,1H3,(H2,6,8)(H,7,9);3-4H2,1-2H3. The van der Waals surface area contributed by atoms with Crippen molar-refractivity contribution in [3.8, 4) is 0 Å². The number of amides is 2. The summed E-state index contributed by atoms with van der Waals surface area (Å²) in [5.41, 5.74) is 4.74. The number of rotatable bonds is 4. The molecule has 3 N–H and O–H groups in total. The van der Waals surface area contributed by atoms with E-state index in [0.29, 0.717) is 6.42 Å². The molecule has 0 aliphatic rings. The lowest BCUT2D eigenvalue weighted by Crippen LogP contribution is -2.32. The Morgan fingerprint density at radius 3 is 1.85 bits per heavy atom. The summed E-state index contributed by atoms with van der Waals surface area (Å²) in [7, 11) is 0. The number of hydrogen-bond acceptors (Lipinski definition) is 2. The summed E-state index contributed by atoms with van der Waals surface area (Å²) in [6.07, 6.45) is 3.02. The van der Waals surface area contributed by atoms with Gasteiger partial charge in [-0.1, -0.05) is 33.6 Å². The summed E-state index contributed by atoms with van der Waals surface area (Å²) < 4.78 is 0. The third-order valence-corrected chi connectivity index (χ3v) is 1.28. The van der Waals surface area contributed by atoms with Crippen LogP contribution in [0.3, 0.4) is 0 Å². The van der Waals surface area contributed by atoms with Crippen molar-refractivity contribution in [2.45, 2.75) is 40.0 Å². The van der Waals surface area contributed by atoms with Gasteiger partial charge in [-0.25, -0.2) is 0 Å². The van der Waals surface area contributed by atoms with Gasteiger partial charge < -0.3 is 11.1 Å². The van der Waals surface area contributed by atoms with Crippen LogP contribution in [0, 0.1) is 0 Å². The average molecular weight is 188 g/mol. The Labute approximate surface area is 79.9 Å². The van der Waals surface area contributed by atoms with Crippen LogP contribution in [0.1, 0.15) is 40.0 Å². The van der Waals surface area contributed by atoms with E-state index >= 15 is 0 Å². The molecular weight excluding hydrogens is 168 g/mol. The Balaban J connectivity index is 0. The normalized spacial score (nSPS) is 8.23. The fourth-order valence-electron chi connectivity index (χ4n) is 0.311. The molecule has 2 amide bonds. The van der Waals surface area contributed by atoms with E-state index in [9.17, 15) is 9.59 Å². The van der Waals surface area contributed by atoms with Gasteiger partial charge in [0.1, 0.15) is 0 Å². The second-order valence-corrected chi connectivity index (χ2v) is 2.60. The molecule has 78 valence electrons. The highest BCUT2D eigenvalue weighted by Gasteiger charge is 1.96. The lowest BCUT2D eigenvalue weighted by Gasteiger charge is -1.96. The molecule has 0 rings (SSSR count). The summed E-state index contributed by atoms with van der Waals surface area (Å²) in [6.45, 7) is 6.00. The van der Waals surface area contributed by atoms with E-state index in [0.717, 1.165) is 0 Å². The minimum absolute atomic E-state index is 0.0628. The fourth-order valence-corrected chi connectivity index (χ4v) is 0.311. The number of carbonyl (C=O) groups is 2. The zero-order valence-electron chi connectivity index (χ0n) is 8.72. The topological polar surface area (TPSA) is 72.2 Å². The molecular formula is C9H20N2O2. The minimum atomic E-state index is -0.517. The van der Waals surface area contributed by atoms with Crippen LogP contribution in [-0.2, 0) is 9.59 Å². The lowest BCUT2D eigenvalue weighted by molar-refractivity contribution is -0.124. The van der Waals surface area contributed by atoms with Gasteiger partial charge in [0.15, 0.2) is 0 Å². The number of primary amides is 1. The van der Waals surface area contributed by atoms with Gasteiger partial charge >= 0.3 is 0 Å². The van der Waals surface area contributed by atoms with Crippen molar-refractivity contribution in [3.63, 3.8) is 0 Å². The van der Waals surface area contributed by atoms with E-state index in [1.54, 1.807) is 6.92 Å². The van der Waals surface area contributed by atoms with Crippen molar-refractivity contribution in [3.05, 3.63) is 0 Å².